The van der Waals surface area contributed by atoms with Crippen LogP contribution in [0, 0.1) is 5.92 Å². The molecule has 3 rings (SSSR count). The fraction of sp³-hybridized carbons (Fsp3) is 0.200. The lowest BCUT2D eigenvalue weighted by Gasteiger charge is -1.99. The maximum absolute atomic E-state index is 11.4. The molecule has 1 amide bonds. The molecule has 0 atom stereocenters. The van der Waals surface area contributed by atoms with Gasteiger partial charge in [0.05, 0.1) is 6.21 Å². The Morgan fingerprint density at radius 2 is 1.94 bits per heavy atom. The van der Waals surface area contributed by atoms with E-state index < -0.39 is 0 Å². The molecule has 3 nitrogen and oxygen atoms in total. The number of benzene rings is 2. The molecular formula is C15H14N2O. The Labute approximate surface area is 106 Å². The topological polar surface area (TPSA) is 41.5 Å². The number of nitrogens with one attached hydrogen (secondary N) is 1. The van der Waals surface area contributed by atoms with Gasteiger partial charge in [0.25, 0.3) is 0 Å². The third-order valence-electron chi connectivity index (χ3n) is 3.11. The maximum atomic E-state index is 11.4. The van der Waals surface area contributed by atoms with Gasteiger partial charge in [-0.1, -0.05) is 36.4 Å². The van der Waals surface area contributed by atoms with Crippen molar-refractivity contribution < 1.29 is 4.79 Å². The number of rotatable bonds is 3. The summed E-state index contributed by atoms with van der Waals surface area (Å²) in [5, 5.41) is 6.37. The van der Waals surface area contributed by atoms with Crippen LogP contribution >= 0.6 is 0 Å². The number of fused-ring (bicyclic) bond motifs is 1. The molecule has 1 aliphatic rings. The van der Waals surface area contributed by atoms with Crippen LogP contribution in [0.2, 0.25) is 0 Å². The predicted octanol–water partition coefficient (Wildman–Crippen LogP) is 2.70. The molecular weight excluding hydrogens is 224 g/mol. The number of nitrogens with zero attached hydrogens (tertiary/aromatic N) is 1. The number of carbonyl (C=O) groups excluding carboxylic acids is 1. The first kappa shape index (κ1) is 11.0. The van der Waals surface area contributed by atoms with E-state index in [4.69, 9.17) is 0 Å². The number of hydrogen-bond donors (Lipinski definition) is 1. The quantitative estimate of drug-likeness (QED) is 0.648. The van der Waals surface area contributed by atoms with E-state index in [0.29, 0.717) is 0 Å². The van der Waals surface area contributed by atoms with E-state index >= 15 is 0 Å². The number of hydrazone groups is 1. The first-order valence-electron chi connectivity index (χ1n) is 6.15. The van der Waals surface area contributed by atoms with Crippen LogP contribution in [-0.2, 0) is 4.79 Å². The molecule has 1 fully saturated rings. The van der Waals surface area contributed by atoms with Crippen LogP contribution in [0.5, 0.6) is 0 Å². The van der Waals surface area contributed by atoms with E-state index in [2.05, 4.69) is 34.8 Å². The van der Waals surface area contributed by atoms with Crippen molar-refractivity contribution in [1.29, 1.82) is 0 Å². The predicted molar refractivity (Wildman–Crippen MR) is 72.4 cm³/mol. The molecule has 1 N–H and O–H groups in total. The number of amides is 1. The van der Waals surface area contributed by atoms with Crippen LogP contribution in [0.3, 0.4) is 0 Å². The van der Waals surface area contributed by atoms with Crippen LogP contribution in [0.1, 0.15) is 18.4 Å². The van der Waals surface area contributed by atoms with Crippen molar-refractivity contribution >= 4 is 22.9 Å². The summed E-state index contributed by atoms with van der Waals surface area (Å²) in [4.78, 5) is 11.4. The summed E-state index contributed by atoms with van der Waals surface area (Å²) in [5.74, 6) is 0.228. The smallest absolute Gasteiger partial charge is 0.243 e. The zero-order valence-corrected chi connectivity index (χ0v) is 9.97. The molecule has 1 saturated carbocycles. The van der Waals surface area contributed by atoms with Gasteiger partial charge in [-0.15, -0.1) is 0 Å². The fourth-order valence-corrected chi connectivity index (χ4v) is 1.90. The molecule has 0 bridgehead atoms. The van der Waals surface area contributed by atoms with Crippen LogP contribution in [0.25, 0.3) is 10.8 Å². The highest BCUT2D eigenvalue weighted by atomic mass is 16.2. The molecule has 90 valence electrons. The Kier molecular flexibility index (Phi) is 2.81. The second-order valence-corrected chi connectivity index (χ2v) is 4.62. The minimum Gasteiger partial charge on any atom is -0.273 e. The molecule has 1 aliphatic carbocycles. The molecule has 2 aromatic rings. The Morgan fingerprint density at radius 1 is 1.17 bits per heavy atom. The minimum atomic E-state index is 0.0343. The SMILES string of the molecule is O=C(N/N=C\c1ccc2ccccc2c1)C1CC1. The van der Waals surface area contributed by atoms with Gasteiger partial charge < -0.3 is 0 Å². The standard InChI is InChI=1S/C15H14N2O/c18-15(13-7-8-13)17-16-10-11-5-6-12-3-1-2-4-14(12)9-11/h1-6,9-10,13H,7-8H2,(H,17,18)/b16-10-. The fourth-order valence-electron chi connectivity index (χ4n) is 1.90. The van der Waals surface area contributed by atoms with Gasteiger partial charge in [-0.3, -0.25) is 4.79 Å². The highest BCUT2D eigenvalue weighted by Gasteiger charge is 2.29. The van der Waals surface area contributed by atoms with E-state index in [0.717, 1.165) is 18.4 Å². The van der Waals surface area contributed by atoms with Crippen LogP contribution in [-0.4, -0.2) is 12.1 Å². The molecule has 0 aliphatic heterocycles. The zero-order valence-electron chi connectivity index (χ0n) is 9.97. The molecule has 0 aromatic heterocycles. The summed E-state index contributed by atoms with van der Waals surface area (Å²) in [6.45, 7) is 0. The third-order valence-corrected chi connectivity index (χ3v) is 3.11. The van der Waals surface area contributed by atoms with Crippen LogP contribution < -0.4 is 5.43 Å². The molecule has 0 heterocycles. The van der Waals surface area contributed by atoms with Crippen LogP contribution in [0.4, 0.5) is 0 Å². The zero-order chi connectivity index (χ0) is 12.4. The van der Waals surface area contributed by atoms with Gasteiger partial charge in [0, 0.05) is 5.92 Å². The van der Waals surface area contributed by atoms with Crippen molar-refractivity contribution in [3.8, 4) is 0 Å². The van der Waals surface area contributed by atoms with Crippen molar-refractivity contribution in [1.82, 2.24) is 5.43 Å². The van der Waals surface area contributed by atoms with Crippen LogP contribution in [0.15, 0.2) is 47.6 Å². The second kappa shape index (κ2) is 4.61. The Hall–Kier alpha value is -2.16. The van der Waals surface area contributed by atoms with Crippen molar-refractivity contribution in [2.75, 3.05) is 0 Å². The maximum Gasteiger partial charge on any atom is 0.243 e. The molecule has 0 unspecified atom stereocenters. The van der Waals surface area contributed by atoms with Gasteiger partial charge in [-0.2, -0.15) is 5.10 Å². The first-order chi connectivity index (χ1) is 8.83. The lowest BCUT2D eigenvalue weighted by Crippen LogP contribution is -2.18. The van der Waals surface area contributed by atoms with Gasteiger partial charge in [0.1, 0.15) is 0 Å². The Morgan fingerprint density at radius 3 is 2.72 bits per heavy atom. The number of carbonyl (C=O) groups is 1. The molecule has 0 radical (unpaired) electrons. The van der Waals surface area contributed by atoms with Gasteiger partial charge in [0.15, 0.2) is 0 Å². The summed E-state index contributed by atoms with van der Waals surface area (Å²) in [5.41, 5.74) is 3.56. The van der Waals surface area contributed by atoms with Gasteiger partial charge >= 0.3 is 0 Å². The van der Waals surface area contributed by atoms with Gasteiger partial charge in [-0.25, -0.2) is 5.43 Å². The highest BCUT2D eigenvalue weighted by Crippen LogP contribution is 2.28. The third kappa shape index (κ3) is 2.40. The van der Waals surface area contributed by atoms with E-state index in [1.165, 1.54) is 10.8 Å². The molecule has 18 heavy (non-hydrogen) atoms. The summed E-state index contributed by atoms with van der Waals surface area (Å²) < 4.78 is 0. The average Bonchev–Trinajstić information content (AvgIpc) is 3.23. The lowest BCUT2D eigenvalue weighted by molar-refractivity contribution is -0.122. The Bertz CT molecular complexity index is 615. The lowest BCUT2D eigenvalue weighted by atomic mass is 10.1. The van der Waals surface area contributed by atoms with Gasteiger partial charge in [0.2, 0.25) is 5.91 Å². The first-order valence-corrected chi connectivity index (χ1v) is 6.15. The van der Waals surface area contributed by atoms with E-state index in [1.54, 1.807) is 6.21 Å². The van der Waals surface area contributed by atoms with E-state index in [9.17, 15) is 4.79 Å². The van der Waals surface area contributed by atoms with Crippen molar-refractivity contribution in [2.45, 2.75) is 12.8 Å². The summed E-state index contributed by atoms with van der Waals surface area (Å²) in [6, 6.07) is 14.3. The largest absolute Gasteiger partial charge is 0.273 e. The molecule has 3 heteroatoms. The van der Waals surface area contributed by atoms with Gasteiger partial charge in [-0.05, 0) is 35.2 Å². The van der Waals surface area contributed by atoms with E-state index in [-0.39, 0.29) is 11.8 Å². The second-order valence-electron chi connectivity index (χ2n) is 4.62. The number of hydrogen-bond acceptors (Lipinski definition) is 2. The summed E-state index contributed by atoms with van der Waals surface area (Å²) in [7, 11) is 0. The minimum absolute atomic E-state index is 0.0343. The normalized spacial score (nSPS) is 15.1. The summed E-state index contributed by atoms with van der Waals surface area (Å²) in [6.07, 6.45) is 3.68. The monoisotopic (exact) mass is 238 g/mol. The van der Waals surface area contributed by atoms with Crippen molar-refractivity contribution in [2.24, 2.45) is 11.0 Å². The molecule has 0 spiro atoms. The molecule has 0 saturated heterocycles. The highest BCUT2D eigenvalue weighted by molar-refractivity contribution is 5.91. The van der Waals surface area contributed by atoms with Crippen molar-refractivity contribution in [3.05, 3.63) is 48.0 Å². The van der Waals surface area contributed by atoms with Crippen molar-refractivity contribution in [3.63, 3.8) is 0 Å². The molecule has 2 aromatic carbocycles. The Balaban J connectivity index is 1.73. The van der Waals surface area contributed by atoms with E-state index in [1.807, 2.05) is 18.2 Å². The summed E-state index contributed by atoms with van der Waals surface area (Å²) >= 11 is 0. The average molecular weight is 238 g/mol.